The molecule has 0 atom stereocenters. The number of sulfonamides is 1. The van der Waals surface area contributed by atoms with Gasteiger partial charge in [0.05, 0.1) is 17.5 Å². The van der Waals surface area contributed by atoms with Crippen LogP contribution >= 0.6 is 0 Å². The van der Waals surface area contributed by atoms with E-state index in [0.29, 0.717) is 41.4 Å². The monoisotopic (exact) mass is 515 g/mol. The summed E-state index contributed by atoms with van der Waals surface area (Å²) in [5.74, 6) is 1.14. The molecular formula is C29H26FN3O3S. The van der Waals surface area contributed by atoms with Crippen LogP contribution in [0.25, 0.3) is 33.7 Å². The van der Waals surface area contributed by atoms with E-state index in [2.05, 4.69) is 16.0 Å². The fraction of sp³-hybridized carbons (Fsp3) is 0.207. The Labute approximate surface area is 214 Å². The minimum Gasteiger partial charge on any atom is -0.455 e. The number of nitrogens with zero attached hydrogens (tertiary/aromatic N) is 2. The molecule has 3 aromatic carbocycles. The number of aromatic amines is 1. The highest BCUT2D eigenvalue weighted by Crippen LogP contribution is 2.49. The predicted molar refractivity (Wildman–Crippen MR) is 144 cm³/mol. The van der Waals surface area contributed by atoms with Gasteiger partial charge in [0, 0.05) is 36.0 Å². The van der Waals surface area contributed by atoms with E-state index in [1.165, 1.54) is 22.7 Å². The normalized spacial score (nSPS) is 13.8. The van der Waals surface area contributed by atoms with Crippen LogP contribution < -0.4 is 4.31 Å². The summed E-state index contributed by atoms with van der Waals surface area (Å²) in [7, 11) is -3.56. The third-order valence-electron chi connectivity index (χ3n) is 6.81. The lowest BCUT2D eigenvalue weighted by Gasteiger charge is -2.25. The van der Waals surface area contributed by atoms with Gasteiger partial charge in [-0.25, -0.2) is 17.8 Å². The number of halogens is 1. The summed E-state index contributed by atoms with van der Waals surface area (Å²) in [5, 5.41) is 0.844. The van der Waals surface area contributed by atoms with Crippen LogP contribution in [0.4, 0.5) is 10.1 Å². The Morgan fingerprint density at radius 1 is 1.08 bits per heavy atom. The maximum Gasteiger partial charge on any atom is 0.232 e. The highest BCUT2D eigenvalue weighted by atomic mass is 32.2. The number of hydrogen-bond acceptors (Lipinski definition) is 4. The number of fused-ring (bicyclic) bond motifs is 1. The molecule has 8 heteroatoms. The zero-order valence-electron chi connectivity index (χ0n) is 20.3. The molecule has 0 aliphatic heterocycles. The number of anilines is 1. The largest absolute Gasteiger partial charge is 0.455 e. The van der Waals surface area contributed by atoms with Crippen LogP contribution in [0.2, 0.25) is 0 Å². The van der Waals surface area contributed by atoms with Gasteiger partial charge in [-0.15, -0.1) is 0 Å². The average Bonchev–Trinajstić information content (AvgIpc) is 3.45. The lowest BCUT2D eigenvalue weighted by Crippen LogP contribution is -2.32. The molecule has 37 heavy (non-hydrogen) atoms. The van der Waals surface area contributed by atoms with Crippen LogP contribution in [-0.4, -0.2) is 31.2 Å². The fourth-order valence-corrected chi connectivity index (χ4v) is 5.81. The van der Waals surface area contributed by atoms with E-state index >= 15 is 0 Å². The zero-order valence-corrected chi connectivity index (χ0v) is 21.1. The molecule has 6 nitrogen and oxygen atoms in total. The van der Waals surface area contributed by atoms with Gasteiger partial charge in [0.15, 0.2) is 0 Å². The Hall–Kier alpha value is -3.91. The molecule has 2 heterocycles. The quantitative estimate of drug-likeness (QED) is 0.255. The topological polar surface area (TPSA) is 79.2 Å². The maximum absolute atomic E-state index is 13.7. The Morgan fingerprint density at radius 2 is 1.84 bits per heavy atom. The van der Waals surface area contributed by atoms with Crippen LogP contribution in [0.1, 0.15) is 29.9 Å². The van der Waals surface area contributed by atoms with E-state index in [0.717, 1.165) is 34.9 Å². The van der Waals surface area contributed by atoms with Gasteiger partial charge in [-0.1, -0.05) is 30.3 Å². The van der Waals surface area contributed by atoms with Crippen molar-refractivity contribution in [2.24, 2.45) is 0 Å². The van der Waals surface area contributed by atoms with Crippen molar-refractivity contribution < 1.29 is 17.2 Å². The number of rotatable bonds is 8. The van der Waals surface area contributed by atoms with Gasteiger partial charge < -0.3 is 9.40 Å². The molecule has 0 spiro atoms. The van der Waals surface area contributed by atoms with Gasteiger partial charge in [-0.05, 0) is 66.6 Å². The third kappa shape index (κ3) is 4.64. The number of nitrogens with one attached hydrogen (secondary N) is 1. The highest BCUT2D eigenvalue weighted by Gasteiger charge is 2.32. The van der Waals surface area contributed by atoms with Gasteiger partial charge in [-0.2, -0.15) is 0 Å². The summed E-state index contributed by atoms with van der Waals surface area (Å²) in [4.78, 5) is 7.63. The van der Waals surface area contributed by atoms with Crippen molar-refractivity contribution in [3.05, 3.63) is 96.1 Å². The van der Waals surface area contributed by atoms with E-state index in [4.69, 9.17) is 4.42 Å². The van der Waals surface area contributed by atoms with Crippen LogP contribution in [0.5, 0.6) is 0 Å². The summed E-state index contributed by atoms with van der Waals surface area (Å²) < 4.78 is 47.6. The summed E-state index contributed by atoms with van der Waals surface area (Å²) in [5.41, 5.74) is 4.75. The smallest absolute Gasteiger partial charge is 0.232 e. The number of hydrogen-bond donors (Lipinski definition) is 1. The number of aromatic nitrogens is 2. The molecule has 188 valence electrons. The number of H-pyrrole nitrogens is 1. The molecule has 0 amide bonds. The van der Waals surface area contributed by atoms with Gasteiger partial charge in [0.25, 0.3) is 0 Å². The minimum atomic E-state index is -3.56. The molecule has 1 aliphatic rings. The average molecular weight is 516 g/mol. The van der Waals surface area contributed by atoms with Crippen LogP contribution in [-0.2, 0) is 16.4 Å². The molecular weight excluding hydrogens is 489 g/mol. The lowest BCUT2D eigenvalue weighted by molar-refractivity contribution is 0.596. The number of benzene rings is 3. The molecule has 1 N–H and O–H groups in total. The second-order valence-electron chi connectivity index (χ2n) is 9.50. The molecule has 1 aliphatic carbocycles. The summed E-state index contributed by atoms with van der Waals surface area (Å²) in [6.45, 7) is 0.324. The third-order valence-corrected chi connectivity index (χ3v) is 7.99. The minimum absolute atomic E-state index is 0.286. The Balaban J connectivity index is 1.53. The van der Waals surface area contributed by atoms with Gasteiger partial charge in [0.2, 0.25) is 10.0 Å². The van der Waals surface area contributed by atoms with Crippen LogP contribution in [0.15, 0.2) is 83.5 Å². The van der Waals surface area contributed by atoms with E-state index in [-0.39, 0.29) is 11.7 Å². The van der Waals surface area contributed by atoms with E-state index in [1.54, 1.807) is 24.5 Å². The van der Waals surface area contributed by atoms with Crippen molar-refractivity contribution >= 4 is 26.7 Å². The summed E-state index contributed by atoms with van der Waals surface area (Å²) in [6.07, 6.45) is 7.27. The van der Waals surface area contributed by atoms with Gasteiger partial charge in [-0.3, -0.25) is 4.31 Å². The van der Waals surface area contributed by atoms with Crippen molar-refractivity contribution in [1.29, 1.82) is 0 Å². The SMILES string of the molecule is CS(=O)(=O)N(CCc1ccccc1)c1cc2oc(-c3ccc(F)cc3)c(-c3ncc[nH]3)c2cc1C1CC1. The fourth-order valence-electron chi connectivity index (χ4n) is 4.87. The van der Waals surface area contributed by atoms with Crippen molar-refractivity contribution in [3.63, 3.8) is 0 Å². The predicted octanol–water partition coefficient (Wildman–Crippen LogP) is 6.52. The first-order valence-corrected chi connectivity index (χ1v) is 14.1. The molecule has 0 saturated heterocycles. The zero-order chi connectivity index (χ0) is 25.6. The van der Waals surface area contributed by atoms with E-state index < -0.39 is 10.0 Å². The second kappa shape index (κ2) is 9.19. The molecule has 1 saturated carbocycles. The Morgan fingerprint density at radius 3 is 2.49 bits per heavy atom. The molecule has 2 aromatic heterocycles. The first-order valence-electron chi connectivity index (χ1n) is 12.3. The summed E-state index contributed by atoms with van der Waals surface area (Å²) >= 11 is 0. The molecule has 1 fully saturated rings. The number of imidazole rings is 1. The molecule has 0 bridgehead atoms. The van der Waals surface area contributed by atoms with Gasteiger partial charge in [0.1, 0.15) is 23.0 Å². The Bertz CT molecular complexity index is 1660. The highest BCUT2D eigenvalue weighted by molar-refractivity contribution is 7.92. The molecule has 6 rings (SSSR count). The van der Waals surface area contributed by atoms with E-state index in [1.807, 2.05) is 36.4 Å². The van der Waals surface area contributed by atoms with Crippen molar-refractivity contribution in [2.45, 2.75) is 25.2 Å². The van der Waals surface area contributed by atoms with E-state index in [9.17, 15) is 12.8 Å². The first kappa shape index (κ1) is 23.5. The first-order chi connectivity index (χ1) is 17.9. The maximum atomic E-state index is 13.7. The van der Waals surface area contributed by atoms with Crippen molar-refractivity contribution in [3.8, 4) is 22.7 Å². The molecule has 0 unspecified atom stereocenters. The standard InChI is InChI=1S/C29H26FN3O3S/c1-37(34,35)33(16-13-19-5-3-2-4-6-19)25-18-26-24(17-23(25)20-7-8-20)27(29-31-14-15-32-29)28(36-26)21-9-11-22(30)12-10-21/h2-6,9-12,14-15,17-18,20H,7-8,13,16H2,1H3,(H,31,32). The van der Waals surface area contributed by atoms with Crippen molar-refractivity contribution in [2.75, 3.05) is 17.1 Å². The summed E-state index contributed by atoms with van der Waals surface area (Å²) in [6, 6.07) is 19.9. The van der Waals surface area contributed by atoms with Crippen LogP contribution in [0, 0.1) is 5.82 Å². The second-order valence-corrected chi connectivity index (χ2v) is 11.4. The lowest BCUT2D eigenvalue weighted by atomic mass is 10.0. The van der Waals surface area contributed by atoms with Crippen molar-refractivity contribution in [1.82, 2.24) is 9.97 Å². The Kier molecular flexibility index (Phi) is 5.83. The molecule has 0 radical (unpaired) electrons. The van der Waals surface area contributed by atoms with Crippen LogP contribution in [0.3, 0.4) is 0 Å². The molecule has 5 aromatic rings. The van der Waals surface area contributed by atoms with Gasteiger partial charge >= 0.3 is 0 Å². The number of furan rings is 1.